The average Bonchev–Trinajstić information content (AvgIpc) is 2.90. The Kier molecular flexibility index (Phi) is 6.12. The van der Waals surface area contributed by atoms with Crippen LogP contribution in [-0.4, -0.2) is 16.3 Å². The fourth-order valence-electron chi connectivity index (χ4n) is 2.02. The van der Waals surface area contributed by atoms with Crippen LogP contribution in [0.5, 0.6) is 0 Å². The molecule has 0 fully saturated rings. The predicted octanol–water partition coefficient (Wildman–Crippen LogP) is 4.02. The third kappa shape index (κ3) is 4.32. The summed E-state index contributed by atoms with van der Waals surface area (Å²) >= 11 is 0. The first-order chi connectivity index (χ1) is 8.69. The fraction of sp³-hybridized carbons (Fsp3) is 0.467. The quantitative estimate of drug-likeness (QED) is 0.527. The molecule has 0 bridgehead atoms. The highest BCUT2D eigenvalue weighted by Gasteiger charge is 2.09. The molecule has 98 valence electrons. The van der Waals surface area contributed by atoms with Crippen molar-refractivity contribution in [2.45, 2.75) is 39.7 Å². The highest BCUT2D eigenvalue weighted by molar-refractivity contribution is 5.28. The van der Waals surface area contributed by atoms with Crippen molar-refractivity contribution in [3.8, 4) is 0 Å². The molecule has 3 nitrogen and oxygen atoms in total. The lowest BCUT2D eigenvalue weighted by Crippen LogP contribution is -2.06. The molecule has 0 saturated carbocycles. The lowest BCUT2D eigenvalue weighted by atomic mass is 9.94. The second-order valence-corrected chi connectivity index (χ2v) is 4.62. The van der Waals surface area contributed by atoms with E-state index in [0.29, 0.717) is 12.0 Å². The molecule has 0 spiro atoms. The Morgan fingerprint density at radius 2 is 2.22 bits per heavy atom. The molecule has 2 atom stereocenters. The van der Waals surface area contributed by atoms with Crippen LogP contribution in [0, 0.1) is 5.92 Å². The first-order valence-electron chi connectivity index (χ1n) is 6.45. The van der Waals surface area contributed by atoms with Gasteiger partial charge in [0.15, 0.2) is 0 Å². The maximum Gasteiger partial charge on any atom is 0.0948 e. The van der Waals surface area contributed by atoms with Crippen molar-refractivity contribution in [1.29, 1.82) is 0 Å². The molecule has 0 saturated heterocycles. The molecule has 0 amide bonds. The zero-order valence-corrected chi connectivity index (χ0v) is 11.6. The van der Waals surface area contributed by atoms with Crippen molar-refractivity contribution in [2.24, 2.45) is 10.9 Å². The number of aliphatic imine (C=N–C) groups is 1. The summed E-state index contributed by atoms with van der Waals surface area (Å²) in [6.07, 6.45) is 14.0. The van der Waals surface area contributed by atoms with Gasteiger partial charge >= 0.3 is 0 Å². The summed E-state index contributed by atoms with van der Waals surface area (Å²) in [7, 11) is 0. The topological polar surface area (TPSA) is 30.2 Å². The summed E-state index contributed by atoms with van der Waals surface area (Å²) in [5.41, 5.74) is 1.32. The highest BCUT2D eigenvalue weighted by Crippen LogP contribution is 2.22. The largest absolute Gasteiger partial charge is 0.335 e. The van der Waals surface area contributed by atoms with Gasteiger partial charge in [0.05, 0.1) is 6.33 Å². The first-order valence-corrected chi connectivity index (χ1v) is 6.45. The number of rotatable bonds is 7. The van der Waals surface area contributed by atoms with E-state index >= 15 is 0 Å². The summed E-state index contributed by atoms with van der Waals surface area (Å²) in [5, 5.41) is 0. The Balaban J connectivity index is 2.47. The average molecular weight is 245 g/mol. The Morgan fingerprint density at radius 3 is 2.78 bits per heavy atom. The zero-order valence-electron chi connectivity index (χ0n) is 11.6. The lowest BCUT2D eigenvalue weighted by molar-refractivity contribution is 0.451. The van der Waals surface area contributed by atoms with Gasteiger partial charge in [-0.05, 0) is 51.0 Å². The molecular weight excluding hydrogens is 222 g/mol. The molecular formula is C15H23N3. The standard InChI is InChI=1S/C15H23N3/c1-5-15(8-9-16-4)13(2)6-7-14(3)18-11-10-17-12-18/h5,8-14H,4,6-7H2,1-3H3/b9-8-,15-5+. The minimum absolute atomic E-state index is 0.495. The SMILES string of the molecule is C=N/C=C\C(=C/C)C(C)CCC(C)n1ccnc1. The lowest BCUT2D eigenvalue weighted by Gasteiger charge is -2.17. The monoisotopic (exact) mass is 245 g/mol. The van der Waals surface area contributed by atoms with E-state index in [1.54, 1.807) is 6.20 Å². The molecule has 1 aromatic heterocycles. The van der Waals surface area contributed by atoms with Gasteiger partial charge in [-0.2, -0.15) is 0 Å². The molecule has 1 aromatic rings. The summed E-state index contributed by atoms with van der Waals surface area (Å²) in [6, 6.07) is 0.495. The van der Waals surface area contributed by atoms with Crippen molar-refractivity contribution in [1.82, 2.24) is 9.55 Å². The molecule has 0 aliphatic carbocycles. The first kappa shape index (κ1) is 14.4. The molecule has 0 aromatic carbocycles. The van der Waals surface area contributed by atoms with Crippen molar-refractivity contribution in [3.05, 3.63) is 42.6 Å². The van der Waals surface area contributed by atoms with Gasteiger partial charge in [-0.25, -0.2) is 4.98 Å². The third-order valence-electron chi connectivity index (χ3n) is 3.33. The number of aromatic nitrogens is 2. The molecule has 3 heteroatoms. The van der Waals surface area contributed by atoms with Gasteiger partial charge in [0.2, 0.25) is 0 Å². The number of nitrogens with zero attached hydrogens (tertiary/aromatic N) is 3. The van der Waals surface area contributed by atoms with Crippen molar-refractivity contribution < 1.29 is 0 Å². The number of hydrogen-bond donors (Lipinski definition) is 0. The van der Waals surface area contributed by atoms with Crippen LogP contribution in [0.25, 0.3) is 0 Å². The number of hydrogen-bond acceptors (Lipinski definition) is 2. The third-order valence-corrected chi connectivity index (χ3v) is 3.33. The van der Waals surface area contributed by atoms with Gasteiger partial charge < -0.3 is 4.57 Å². The van der Waals surface area contributed by atoms with E-state index in [2.05, 4.69) is 48.1 Å². The van der Waals surface area contributed by atoms with Crippen LogP contribution in [-0.2, 0) is 0 Å². The van der Waals surface area contributed by atoms with Crippen LogP contribution < -0.4 is 0 Å². The van der Waals surface area contributed by atoms with E-state index in [4.69, 9.17) is 0 Å². The Hall–Kier alpha value is -1.64. The van der Waals surface area contributed by atoms with Crippen LogP contribution in [0.3, 0.4) is 0 Å². The van der Waals surface area contributed by atoms with Crippen LogP contribution in [0.1, 0.15) is 39.7 Å². The molecule has 0 aliphatic heterocycles. The second kappa shape index (κ2) is 7.64. The normalized spacial score (nSPS) is 15.8. The zero-order chi connectivity index (χ0) is 13.4. The number of allylic oxidation sites excluding steroid dienone is 3. The Morgan fingerprint density at radius 1 is 1.44 bits per heavy atom. The molecule has 0 aliphatic rings. The van der Waals surface area contributed by atoms with Crippen LogP contribution in [0.4, 0.5) is 0 Å². The smallest absolute Gasteiger partial charge is 0.0948 e. The highest BCUT2D eigenvalue weighted by atomic mass is 15.0. The van der Waals surface area contributed by atoms with Crippen LogP contribution >= 0.6 is 0 Å². The van der Waals surface area contributed by atoms with Crippen LogP contribution in [0.15, 0.2) is 47.6 Å². The minimum Gasteiger partial charge on any atom is -0.335 e. The minimum atomic E-state index is 0.495. The Labute approximate surface area is 110 Å². The fourth-order valence-corrected chi connectivity index (χ4v) is 2.02. The van der Waals surface area contributed by atoms with Crippen LogP contribution in [0.2, 0.25) is 0 Å². The van der Waals surface area contributed by atoms with Gasteiger partial charge in [-0.3, -0.25) is 4.99 Å². The van der Waals surface area contributed by atoms with E-state index in [1.807, 2.05) is 24.8 Å². The molecule has 0 radical (unpaired) electrons. The molecule has 0 N–H and O–H groups in total. The van der Waals surface area contributed by atoms with Gasteiger partial charge in [0.25, 0.3) is 0 Å². The predicted molar refractivity (Wildman–Crippen MR) is 77.8 cm³/mol. The van der Waals surface area contributed by atoms with E-state index in [0.717, 1.165) is 12.8 Å². The maximum absolute atomic E-state index is 4.08. The molecule has 1 rings (SSSR count). The second-order valence-electron chi connectivity index (χ2n) is 4.62. The maximum atomic E-state index is 4.08. The summed E-state index contributed by atoms with van der Waals surface area (Å²) in [4.78, 5) is 7.84. The summed E-state index contributed by atoms with van der Waals surface area (Å²) < 4.78 is 2.16. The van der Waals surface area contributed by atoms with Crippen molar-refractivity contribution >= 4 is 6.72 Å². The Bertz CT molecular complexity index is 401. The van der Waals surface area contributed by atoms with Gasteiger partial charge in [0.1, 0.15) is 0 Å². The summed E-state index contributed by atoms with van der Waals surface area (Å²) in [5.74, 6) is 0.541. The summed E-state index contributed by atoms with van der Waals surface area (Å²) in [6.45, 7) is 10.0. The van der Waals surface area contributed by atoms with E-state index in [1.165, 1.54) is 5.57 Å². The molecule has 18 heavy (non-hydrogen) atoms. The van der Waals surface area contributed by atoms with E-state index < -0.39 is 0 Å². The molecule has 2 unspecified atom stereocenters. The van der Waals surface area contributed by atoms with E-state index in [9.17, 15) is 0 Å². The van der Waals surface area contributed by atoms with Gasteiger partial charge in [-0.1, -0.05) is 13.0 Å². The van der Waals surface area contributed by atoms with Gasteiger partial charge in [0, 0.05) is 24.6 Å². The molecule has 1 heterocycles. The van der Waals surface area contributed by atoms with E-state index in [-0.39, 0.29) is 0 Å². The number of imidazole rings is 1. The van der Waals surface area contributed by atoms with Crippen molar-refractivity contribution in [2.75, 3.05) is 0 Å². The van der Waals surface area contributed by atoms with Crippen molar-refractivity contribution in [3.63, 3.8) is 0 Å². The van der Waals surface area contributed by atoms with Gasteiger partial charge in [-0.15, -0.1) is 0 Å².